The standard InChI is InChI=1S/C20H30N4O3/c1-15-21-22-18(27-15)12-23-10-7-17(25)20(13-23)8-4-9-24(14-20)19(26)11-16-5-2-3-6-16/h5,17,25H,2-4,6-14H2,1H3/t17-,20-/m1/s1. The van der Waals surface area contributed by atoms with E-state index in [0.29, 0.717) is 31.3 Å². The Labute approximate surface area is 160 Å². The number of aromatic nitrogens is 2. The first-order valence-corrected chi connectivity index (χ1v) is 10.2. The van der Waals surface area contributed by atoms with Gasteiger partial charge in [-0.3, -0.25) is 9.69 Å². The molecule has 4 rings (SSSR count). The van der Waals surface area contributed by atoms with Crippen LogP contribution in [-0.4, -0.2) is 63.3 Å². The maximum absolute atomic E-state index is 12.8. The Morgan fingerprint density at radius 3 is 2.96 bits per heavy atom. The molecule has 1 aromatic rings. The first-order valence-electron chi connectivity index (χ1n) is 10.2. The van der Waals surface area contributed by atoms with Gasteiger partial charge in [0.05, 0.1) is 12.6 Å². The molecule has 27 heavy (non-hydrogen) atoms. The summed E-state index contributed by atoms with van der Waals surface area (Å²) in [7, 11) is 0. The van der Waals surface area contributed by atoms with Crippen molar-refractivity contribution in [2.75, 3.05) is 26.2 Å². The van der Waals surface area contributed by atoms with Gasteiger partial charge in [0.15, 0.2) is 0 Å². The van der Waals surface area contributed by atoms with Crippen LogP contribution in [0.5, 0.6) is 0 Å². The third-order valence-corrected chi connectivity index (χ3v) is 6.37. The van der Waals surface area contributed by atoms with Crippen molar-refractivity contribution in [1.29, 1.82) is 0 Å². The molecule has 1 N–H and O–H groups in total. The Bertz CT molecular complexity index is 716. The Kier molecular flexibility index (Phi) is 5.32. The lowest BCUT2D eigenvalue weighted by molar-refractivity contribution is -0.141. The van der Waals surface area contributed by atoms with Gasteiger partial charge in [0.2, 0.25) is 17.7 Å². The summed E-state index contributed by atoms with van der Waals surface area (Å²) in [6, 6.07) is 0. The number of aryl methyl sites for hydroxylation is 1. The van der Waals surface area contributed by atoms with Crippen molar-refractivity contribution in [2.24, 2.45) is 5.41 Å². The molecular formula is C20H30N4O3. The van der Waals surface area contributed by atoms with E-state index in [-0.39, 0.29) is 17.4 Å². The van der Waals surface area contributed by atoms with Crippen molar-refractivity contribution >= 4 is 5.91 Å². The topological polar surface area (TPSA) is 82.7 Å². The third kappa shape index (κ3) is 4.09. The van der Waals surface area contributed by atoms with Crippen molar-refractivity contribution in [1.82, 2.24) is 20.0 Å². The van der Waals surface area contributed by atoms with Crippen LogP contribution in [0.4, 0.5) is 0 Å². The Morgan fingerprint density at radius 2 is 2.22 bits per heavy atom. The number of piperidine rings is 2. The van der Waals surface area contributed by atoms with E-state index in [1.807, 2.05) is 4.90 Å². The summed E-state index contributed by atoms with van der Waals surface area (Å²) in [5.41, 5.74) is 1.04. The summed E-state index contributed by atoms with van der Waals surface area (Å²) in [4.78, 5) is 17.1. The molecule has 7 heteroatoms. The number of aliphatic hydroxyl groups excluding tert-OH is 1. The van der Waals surface area contributed by atoms with Crippen LogP contribution >= 0.6 is 0 Å². The molecule has 0 bridgehead atoms. The van der Waals surface area contributed by atoms with Gasteiger partial charge in [-0.1, -0.05) is 11.6 Å². The lowest BCUT2D eigenvalue weighted by atomic mass is 9.71. The number of carbonyl (C=O) groups excluding carboxylic acids is 1. The molecule has 2 saturated heterocycles. The van der Waals surface area contributed by atoms with Crippen LogP contribution in [0.25, 0.3) is 0 Å². The van der Waals surface area contributed by atoms with Crippen LogP contribution in [-0.2, 0) is 11.3 Å². The van der Waals surface area contributed by atoms with Crippen molar-refractivity contribution in [3.8, 4) is 0 Å². The summed E-state index contributed by atoms with van der Waals surface area (Å²) in [5, 5.41) is 18.8. The Balaban J connectivity index is 1.42. The number of rotatable bonds is 4. The molecule has 3 aliphatic rings. The molecule has 1 aliphatic carbocycles. The van der Waals surface area contributed by atoms with E-state index in [2.05, 4.69) is 21.2 Å². The zero-order chi connectivity index (χ0) is 18.9. The lowest BCUT2D eigenvalue weighted by Gasteiger charge is -2.51. The fourth-order valence-electron chi connectivity index (χ4n) is 4.95. The number of hydrogen-bond acceptors (Lipinski definition) is 6. The molecule has 1 amide bonds. The van der Waals surface area contributed by atoms with Crippen molar-refractivity contribution in [3.05, 3.63) is 23.4 Å². The normalized spacial score (nSPS) is 29.3. The van der Waals surface area contributed by atoms with E-state index in [9.17, 15) is 9.90 Å². The second-order valence-electron chi connectivity index (χ2n) is 8.44. The highest BCUT2D eigenvalue weighted by Gasteiger charge is 2.46. The number of likely N-dealkylation sites (tertiary alicyclic amines) is 2. The van der Waals surface area contributed by atoms with Gasteiger partial charge in [-0.05, 0) is 38.5 Å². The molecule has 1 aromatic heterocycles. The number of hydrogen-bond donors (Lipinski definition) is 1. The summed E-state index contributed by atoms with van der Waals surface area (Å²) in [6.07, 6.45) is 8.39. The summed E-state index contributed by atoms with van der Waals surface area (Å²) < 4.78 is 5.53. The summed E-state index contributed by atoms with van der Waals surface area (Å²) in [6.45, 7) is 5.44. The largest absolute Gasteiger partial charge is 0.424 e. The average molecular weight is 374 g/mol. The maximum atomic E-state index is 12.8. The number of carbonyl (C=O) groups is 1. The highest BCUT2D eigenvalue weighted by Crippen LogP contribution is 2.39. The predicted octanol–water partition coefficient (Wildman–Crippen LogP) is 2.05. The molecule has 0 saturated carbocycles. The van der Waals surface area contributed by atoms with Crippen LogP contribution in [0, 0.1) is 12.3 Å². The zero-order valence-electron chi connectivity index (χ0n) is 16.2. The maximum Gasteiger partial charge on any atom is 0.230 e. The number of allylic oxidation sites excluding steroid dienone is 1. The van der Waals surface area contributed by atoms with E-state index in [4.69, 9.17) is 4.42 Å². The van der Waals surface area contributed by atoms with E-state index >= 15 is 0 Å². The second kappa shape index (κ2) is 7.72. The monoisotopic (exact) mass is 374 g/mol. The molecule has 1 spiro atoms. The van der Waals surface area contributed by atoms with Crippen LogP contribution in [0.3, 0.4) is 0 Å². The Morgan fingerprint density at radius 1 is 1.33 bits per heavy atom. The first kappa shape index (κ1) is 18.6. The number of amides is 1. The van der Waals surface area contributed by atoms with Crippen LogP contribution in [0.15, 0.2) is 16.1 Å². The third-order valence-electron chi connectivity index (χ3n) is 6.37. The Hall–Kier alpha value is -1.73. The van der Waals surface area contributed by atoms with E-state index in [1.165, 1.54) is 12.0 Å². The second-order valence-corrected chi connectivity index (χ2v) is 8.44. The van der Waals surface area contributed by atoms with Gasteiger partial charge in [0.25, 0.3) is 0 Å². The van der Waals surface area contributed by atoms with Gasteiger partial charge in [-0.15, -0.1) is 10.2 Å². The molecule has 2 fully saturated rings. The van der Waals surface area contributed by atoms with Crippen LogP contribution < -0.4 is 0 Å². The summed E-state index contributed by atoms with van der Waals surface area (Å²) in [5.74, 6) is 1.42. The molecule has 0 unspecified atom stereocenters. The van der Waals surface area contributed by atoms with E-state index < -0.39 is 0 Å². The van der Waals surface area contributed by atoms with Gasteiger partial charge < -0.3 is 14.4 Å². The minimum absolute atomic E-state index is 0.221. The van der Waals surface area contributed by atoms with Crippen molar-refractivity contribution in [3.63, 3.8) is 0 Å². The van der Waals surface area contributed by atoms with Gasteiger partial charge in [-0.25, -0.2) is 0 Å². The predicted molar refractivity (Wildman–Crippen MR) is 99.7 cm³/mol. The SMILES string of the molecule is Cc1nnc(CN2CC[C@@H](O)[C@]3(CCCN(C(=O)CC4=CCCC4)C3)C2)o1. The average Bonchev–Trinajstić information content (AvgIpc) is 3.30. The number of aliphatic hydroxyl groups is 1. The van der Waals surface area contributed by atoms with Crippen LogP contribution in [0.1, 0.15) is 56.7 Å². The minimum atomic E-state index is -0.362. The molecule has 2 atom stereocenters. The minimum Gasteiger partial charge on any atom is -0.424 e. The molecule has 148 valence electrons. The van der Waals surface area contributed by atoms with Crippen molar-refractivity contribution in [2.45, 2.75) is 64.5 Å². The lowest BCUT2D eigenvalue weighted by Crippen LogP contribution is -2.59. The van der Waals surface area contributed by atoms with Gasteiger partial charge in [-0.2, -0.15) is 0 Å². The fourth-order valence-corrected chi connectivity index (χ4v) is 4.95. The van der Waals surface area contributed by atoms with Gasteiger partial charge in [0.1, 0.15) is 0 Å². The smallest absolute Gasteiger partial charge is 0.230 e. The van der Waals surface area contributed by atoms with Crippen molar-refractivity contribution < 1.29 is 14.3 Å². The highest BCUT2D eigenvalue weighted by atomic mass is 16.4. The molecule has 0 aromatic carbocycles. The zero-order valence-corrected chi connectivity index (χ0v) is 16.2. The molecular weight excluding hydrogens is 344 g/mol. The quantitative estimate of drug-likeness (QED) is 0.812. The summed E-state index contributed by atoms with van der Waals surface area (Å²) >= 11 is 0. The van der Waals surface area contributed by atoms with Gasteiger partial charge >= 0.3 is 0 Å². The van der Waals surface area contributed by atoms with E-state index in [1.54, 1.807) is 6.92 Å². The fraction of sp³-hybridized carbons (Fsp3) is 0.750. The molecule has 2 aliphatic heterocycles. The molecule has 0 radical (unpaired) electrons. The molecule has 7 nitrogen and oxygen atoms in total. The number of nitrogens with zero attached hydrogens (tertiary/aromatic N) is 4. The first-order chi connectivity index (χ1) is 13.0. The van der Waals surface area contributed by atoms with Gasteiger partial charge in [0, 0.05) is 44.9 Å². The van der Waals surface area contributed by atoms with E-state index in [0.717, 1.165) is 51.7 Å². The molecule has 3 heterocycles. The highest BCUT2D eigenvalue weighted by molar-refractivity contribution is 5.79. The van der Waals surface area contributed by atoms with Crippen LogP contribution in [0.2, 0.25) is 0 Å².